The molecule has 0 saturated heterocycles. The largest absolute Gasteiger partial charge is 0.360 e. The van der Waals surface area contributed by atoms with Gasteiger partial charge in [0.1, 0.15) is 0 Å². The first-order valence-electron chi connectivity index (χ1n) is 12.1. The van der Waals surface area contributed by atoms with Gasteiger partial charge in [0.05, 0.1) is 12.2 Å². The molecule has 6 heteroatoms. The normalized spacial score (nSPS) is 13.1. The lowest BCUT2D eigenvalue weighted by molar-refractivity contribution is 0.0938. The van der Waals surface area contributed by atoms with Crippen LogP contribution in [0.5, 0.6) is 0 Å². The van der Waals surface area contributed by atoms with Gasteiger partial charge in [0.2, 0.25) is 0 Å². The molecule has 0 bridgehead atoms. The van der Waals surface area contributed by atoms with Gasteiger partial charge in [-0.15, -0.1) is 0 Å². The number of benzene rings is 3. The average Bonchev–Trinajstić information content (AvgIpc) is 3.50. The molecule has 0 fully saturated rings. The zero-order valence-corrected chi connectivity index (χ0v) is 21.4. The molecule has 2 heterocycles. The number of carbonyl (C=O) groups excluding carboxylic acids is 1. The molecule has 0 spiro atoms. The second-order valence-electron chi connectivity index (χ2n) is 9.44. The fraction of sp³-hybridized carbons (Fsp3) is 0.200. The van der Waals surface area contributed by atoms with Crippen molar-refractivity contribution in [1.82, 2.24) is 20.1 Å². The Hall–Kier alpha value is -3.67. The van der Waals surface area contributed by atoms with Gasteiger partial charge in [0.15, 0.2) is 5.78 Å². The highest BCUT2D eigenvalue weighted by atomic mass is 35.5. The number of nitrogens with one attached hydrogen (secondary N) is 2. The Morgan fingerprint density at radius 2 is 1.89 bits per heavy atom. The fourth-order valence-electron chi connectivity index (χ4n) is 4.70. The number of aromatic nitrogens is 3. The lowest BCUT2D eigenvalue weighted by atomic mass is 9.95. The van der Waals surface area contributed by atoms with Crippen LogP contribution in [-0.4, -0.2) is 26.6 Å². The predicted molar refractivity (Wildman–Crippen MR) is 147 cm³/mol. The second kappa shape index (κ2) is 10.1. The first-order valence-corrected chi connectivity index (χ1v) is 12.5. The molecule has 0 aliphatic heterocycles. The molecule has 0 saturated carbocycles. The van der Waals surface area contributed by atoms with Crippen molar-refractivity contribution in [2.75, 3.05) is 0 Å². The van der Waals surface area contributed by atoms with Crippen molar-refractivity contribution >= 4 is 28.3 Å². The van der Waals surface area contributed by atoms with E-state index >= 15 is 0 Å². The third-order valence-corrected chi connectivity index (χ3v) is 6.92. The Morgan fingerprint density at radius 3 is 2.61 bits per heavy atom. The summed E-state index contributed by atoms with van der Waals surface area (Å²) in [4.78, 5) is 17.3. The van der Waals surface area contributed by atoms with Crippen LogP contribution < -0.4 is 5.32 Å². The number of hydrogen-bond acceptors (Lipinski definition) is 3. The van der Waals surface area contributed by atoms with E-state index in [0.29, 0.717) is 5.56 Å². The Bertz CT molecular complexity index is 1520. The van der Waals surface area contributed by atoms with E-state index in [1.54, 1.807) is 4.68 Å². The summed E-state index contributed by atoms with van der Waals surface area (Å²) in [6, 6.07) is 21.7. The summed E-state index contributed by atoms with van der Waals surface area (Å²) in [6.07, 6.45) is 6.36. The van der Waals surface area contributed by atoms with E-state index in [9.17, 15) is 4.79 Å². The minimum absolute atomic E-state index is 0.0294. The molecule has 5 aromatic rings. The van der Waals surface area contributed by atoms with Gasteiger partial charge < -0.3 is 10.3 Å². The quantitative estimate of drug-likeness (QED) is 0.236. The van der Waals surface area contributed by atoms with Gasteiger partial charge in [-0.25, -0.2) is 0 Å². The maximum atomic E-state index is 14.0. The summed E-state index contributed by atoms with van der Waals surface area (Å²) >= 11 is 6.49. The summed E-state index contributed by atoms with van der Waals surface area (Å²) in [5, 5.41) is 9.51. The molecule has 5 nitrogen and oxygen atoms in total. The molecule has 0 amide bonds. The number of H-pyrrole nitrogens is 1. The zero-order valence-electron chi connectivity index (χ0n) is 20.6. The van der Waals surface area contributed by atoms with Crippen LogP contribution >= 0.6 is 11.6 Å². The summed E-state index contributed by atoms with van der Waals surface area (Å²) < 4.78 is 1.78. The van der Waals surface area contributed by atoms with E-state index in [1.807, 2.05) is 81.1 Å². The molecule has 36 heavy (non-hydrogen) atoms. The Kier molecular flexibility index (Phi) is 6.77. The minimum atomic E-state index is -0.484. The van der Waals surface area contributed by atoms with Crippen LogP contribution in [0.15, 0.2) is 85.3 Å². The van der Waals surface area contributed by atoms with E-state index in [1.165, 1.54) is 0 Å². The van der Waals surface area contributed by atoms with Gasteiger partial charge in [-0.1, -0.05) is 66.2 Å². The smallest absolute Gasteiger partial charge is 0.186 e. The number of rotatable bonds is 8. The molecule has 0 aliphatic rings. The molecule has 182 valence electrons. The Labute approximate surface area is 216 Å². The first kappa shape index (κ1) is 24.0. The standard InChI is InChI=1S/C30H29ClN4O/c1-19-9-10-23(27(31)13-19)14-20(2)34-29(21-7-5-4-6-8-21)30(36)26-17-32-28-15-22(11-12-25(26)28)24-16-33-35(3)18-24/h4-13,15-18,20,29,32,34H,14H2,1-3H3/t20-,29-/m1/s1. The van der Waals surface area contributed by atoms with Crippen molar-refractivity contribution in [2.45, 2.75) is 32.4 Å². The lowest BCUT2D eigenvalue weighted by Crippen LogP contribution is -2.36. The van der Waals surface area contributed by atoms with Crippen molar-refractivity contribution in [3.8, 4) is 11.1 Å². The monoisotopic (exact) mass is 496 g/mol. The van der Waals surface area contributed by atoms with Crippen LogP contribution in [0.2, 0.25) is 5.02 Å². The van der Waals surface area contributed by atoms with E-state index in [4.69, 9.17) is 11.6 Å². The Morgan fingerprint density at radius 1 is 1.08 bits per heavy atom. The molecule has 5 rings (SSSR count). The molecule has 0 radical (unpaired) electrons. The first-order chi connectivity index (χ1) is 17.4. The molecule has 3 aromatic carbocycles. The van der Waals surface area contributed by atoms with Crippen molar-refractivity contribution in [3.05, 3.63) is 113 Å². The lowest BCUT2D eigenvalue weighted by Gasteiger charge is -2.23. The molecule has 2 N–H and O–H groups in total. The molecule has 2 atom stereocenters. The third kappa shape index (κ3) is 4.99. The van der Waals surface area contributed by atoms with E-state index < -0.39 is 6.04 Å². The number of carbonyl (C=O) groups is 1. The number of ketones is 1. The minimum Gasteiger partial charge on any atom is -0.360 e. The summed E-state index contributed by atoms with van der Waals surface area (Å²) in [6.45, 7) is 4.12. The number of halogens is 1. The topological polar surface area (TPSA) is 62.7 Å². The SMILES string of the molecule is Cc1ccc(C[C@@H](C)N[C@@H](C(=O)c2c[nH]c3cc(-c4cnn(C)c4)ccc23)c2ccccc2)c(Cl)c1. The average molecular weight is 497 g/mol. The van der Waals surface area contributed by atoms with Gasteiger partial charge in [-0.3, -0.25) is 9.48 Å². The molecular formula is C30H29ClN4O. The third-order valence-electron chi connectivity index (χ3n) is 6.57. The van der Waals surface area contributed by atoms with E-state index in [0.717, 1.165) is 50.2 Å². The Balaban J connectivity index is 1.44. The number of hydrogen-bond donors (Lipinski definition) is 2. The van der Waals surface area contributed by atoms with Crippen molar-refractivity contribution in [3.63, 3.8) is 0 Å². The number of nitrogens with zero attached hydrogens (tertiary/aromatic N) is 2. The van der Waals surface area contributed by atoms with Crippen LogP contribution in [0.3, 0.4) is 0 Å². The highest BCUT2D eigenvalue weighted by Gasteiger charge is 2.26. The second-order valence-corrected chi connectivity index (χ2v) is 9.85. The van der Waals surface area contributed by atoms with Crippen molar-refractivity contribution in [2.24, 2.45) is 7.05 Å². The zero-order chi connectivity index (χ0) is 25.2. The van der Waals surface area contributed by atoms with Crippen LogP contribution in [0.25, 0.3) is 22.0 Å². The number of fused-ring (bicyclic) bond motifs is 1. The van der Waals surface area contributed by atoms with Crippen LogP contribution in [0.1, 0.15) is 40.0 Å². The number of Topliss-reactive ketones (excluding diaryl/α,β-unsaturated/α-hetero) is 1. The number of aromatic amines is 1. The van der Waals surface area contributed by atoms with Gasteiger partial charge in [-0.05, 0) is 54.7 Å². The fourth-order valence-corrected chi connectivity index (χ4v) is 5.01. The molecule has 0 unspecified atom stereocenters. The van der Waals surface area contributed by atoms with Gasteiger partial charge >= 0.3 is 0 Å². The van der Waals surface area contributed by atoms with Crippen LogP contribution in [0, 0.1) is 6.92 Å². The van der Waals surface area contributed by atoms with Crippen molar-refractivity contribution in [1.29, 1.82) is 0 Å². The van der Waals surface area contributed by atoms with E-state index in [-0.39, 0.29) is 11.8 Å². The molecule has 0 aliphatic carbocycles. The summed E-state index contributed by atoms with van der Waals surface area (Å²) in [5.41, 5.74) is 6.82. The maximum Gasteiger partial charge on any atom is 0.186 e. The molecule has 2 aromatic heterocycles. The highest BCUT2D eigenvalue weighted by Crippen LogP contribution is 2.29. The predicted octanol–water partition coefficient (Wildman–Crippen LogP) is 6.68. The summed E-state index contributed by atoms with van der Waals surface area (Å²) in [7, 11) is 1.90. The highest BCUT2D eigenvalue weighted by molar-refractivity contribution is 6.31. The van der Waals surface area contributed by atoms with Crippen LogP contribution in [-0.2, 0) is 13.5 Å². The van der Waals surface area contributed by atoms with Crippen LogP contribution in [0.4, 0.5) is 0 Å². The van der Waals surface area contributed by atoms with Gasteiger partial charge in [-0.2, -0.15) is 5.10 Å². The van der Waals surface area contributed by atoms with Gasteiger partial charge in [0, 0.05) is 52.5 Å². The van der Waals surface area contributed by atoms with Crippen molar-refractivity contribution < 1.29 is 4.79 Å². The van der Waals surface area contributed by atoms with Gasteiger partial charge in [0.25, 0.3) is 0 Å². The van der Waals surface area contributed by atoms with E-state index in [2.05, 4.69) is 40.5 Å². The summed E-state index contributed by atoms with van der Waals surface area (Å²) in [5.74, 6) is 0.0310. The maximum absolute atomic E-state index is 14.0. The molecular weight excluding hydrogens is 468 g/mol. The number of aryl methyl sites for hydroxylation is 2.